The maximum Gasteiger partial charge on any atom is 0.315 e. The average Bonchev–Trinajstić information content (AvgIpc) is 2.35. The highest BCUT2D eigenvalue weighted by Gasteiger charge is 2.27. The summed E-state index contributed by atoms with van der Waals surface area (Å²) >= 11 is 0. The number of carbonyl (C=O) groups is 2. The number of hydrogen-bond donors (Lipinski definition) is 3. The summed E-state index contributed by atoms with van der Waals surface area (Å²) in [5.41, 5.74) is 0.874. The summed E-state index contributed by atoms with van der Waals surface area (Å²) in [5.74, 6) is -0.930. The zero-order valence-corrected chi connectivity index (χ0v) is 12.1. The van der Waals surface area contributed by atoms with Crippen molar-refractivity contribution in [3.63, 3.8) is 0 Å². The number of urea groups is 1. The fourth-order valence-electron chi connectivity index (χ4n) is 1.91. The van der Waals surface area contributed by atoms with Gasteiger partial charge in [-0.2, -0.15) is 0 Å². The van der Waals surface area contributed by atoms with Gasteiger partial charge in [0, 0.05) is 6.54 Å². The van der Waals surface area contributed by atoms with Crippen molar-refractivity contribution >= 4 is 12.0 Å². The predicted molar refractivity (Wildman–Crippen MR) is 77.4 cm³/mol. The van der Waals surface area contributed by atoms with Gasteiger partial charge in [0.15, 0.2) is 0 Å². The molecule has 0 aliphatic rings. The lowest BCUT2D eigenvalue weighted by Gasteiger charge is -2.32. The molecule has 0 fully saturated rings. The Morgan fingerprint density at radius 1 is 1.20 bits per heavy atom. The van der Waals surface area contributed by atoms with E-state index in [1.165, 1.54) is 0 Å². The molecule has 1 atom stereocenters. The van der Waals surface area contributed by atoms with Crippen LogP contribution in [0.25, 0.3) is 0 Å². The Balaban J connectivity index is 2.67. The van der Waals surface area contributed by atoms with Crippen LogP contribution in [0.4, 0.5) is 4.79 Å². The summed E-state index contributed by atoms with van der Waals surface area (Å²) in [6.45, 7) is 6.25. The standard InChI is InChI=1S/C15H22N2O3/c1-15(2,3)13(11-7-5-4-6-8-11)17-14(20)16-10-9-12(18)19/h4-8,13H,9-10H2,1-3H3,(H,18,19)(H2,16,17,20). The van der Waals surface area contributed by atoms with Gasteiger partial charge in [-0.3, -0.25) is 4.79 Å². The van der Waals surface area contributed by atoms with Crippen LogP contribution in [0.1, 0.15) is 38.8 Å². The Morgan fingerprint density at radius 3 is 2.30 bits per heavy atom. The van der Waals surface area contributed by atoms with Crippen LogP contribution in [-0.2, 0) is 4.79 Å². The van der Waals surface area contributed by atoms with Crippen molar-refractivity contribution in [1.82, 2.24) is 10.6 Å². The fourth-order valence-corrected chi connectivity index (χ4v) is 1.91. The first-order valence-corrected chi connectivity index (χ1v) is 6.62. The lowest BCUT2D eigenvalue weighted by atomic mass is 9.82. The molecule has 0 radical (unpaired) electrons. The number of carboxylic acids is 1. The van der Waals surface area contributed by atoms with Crippen molar-refractivity contribution in [2.75, 3.05) is 6.54 Å². The van der Waals surface area contributed by atoms with Crippen molar-refractivity contribution < 1.29 is 14.7 Å². The maximum atomic E-state index is 11.8. The first kappa shape index (κ1) is 16.0. The smallest absolute Gasteiger partial charge is 0.315 e. The number of benzene rings is 1. The third-order valence-corrected chi connectivity index (χ3v) is 2.90. The zero-order chi connectivity index (χ0) is 15.2. The molecule has 0 aliphatic heterocycles. The van der Waals surface area contributed by atoms with Crippen molar-refractivity contribution in [2.24, 2.45) is 5.41 Å². The number of rotatable bonds is 5. The van der Waals surface area contributed by atoms with Gasteiger partial charge in [-0.05, 0) is 11.0 Å². The molecule has 0 aliphatic carbocycles. The Morgan fingerprint density at radius 2 is 1.80 bits per heavy atom. The molecule has 0 bridgehead atoms. The van der Waals surface area contributed by atoms with E-state index in [1.54, 1.807) is 0 Å². The Bertz CT molecular complexity index is 452. The summed E-state index contributed by atoms with van der Waals surface area (Å²) in [6.07, 6.45) is -0.0844. The van der Waals surface area contributed by atoms with Gasteiger partial charge in [-0.1, -0.05) is 51.1 Å². The van der Waals surface area contributed by atoms with Gasteiger partial charge in [0.2, 0.25) is 0 Å². The van der Waals surface area contributed by atoms with Crippen molar-refractivity contribution in [3.05, 3.63) is 35.9 Å². The number of carboxylic acid groups (broad SMARTS) is 1. The highest BCUT2D eigenvalue weighted by Crippen LogP contribution is 2.32. The largest absolute Gasteiger partial charge is 0.481 e. The predicted octanol–water partition coefficient (Wildman–Crippen LogP) is 2.55. The molecule has 110 valence electrons. The van der Waals surface area contributed by atoms with Gasteiger partial charge in [0.25, 0.3) is 0 Å². The van der Waals surface area contributed by atoms with Crippen molar-refractivity contribution in [1.29, 1.82) is 0 Å². The van der Waals surface area contributed by atoms with E-state index in [4.69, 9.17) is 5.11 Å². The molecule has 0 saturated carbocycles. The Labute approximate surface area is 119 Å². The minimum atomic E-state index is -0.930. The van der Waals surface area contributed by atoms with E-state index in [2.05, 4.69) is 10.6 Å². The molecule has 1 unspecified atom stereocenters. The monoisotopic (exact) mass is 278 g/mol. The molecule has 5 heteroatoms. The SMILES string of the molecule is CC(C)(C)C(NC(=O)NCCC(=O)O)c1ccccc1. The number of hydrogen-bond acceptors (Lipinski definition) is 2. The maximum absolute atomic E-state index is 11.8. The summed E-state index contributed by atoms with van der Waals surface area (Å²) in [6, 6.07) is 9.22. The molecule has 1 aromatic rings. The normalized spacial score (nSPS) is 12.6. The fraction of sp³-hybridized carbons (Fsp3) is 0.467. The van der Waals surface area contributed by atoms with Gasteiger partial charge in [-0.15, -0.1) is 0 Å². The van der Waals surface area contributed by atoms with E-state index < -0.39 is 5.97 Å². The number of carbonyl (C=O) groups excluding carboxylic acids is 1. The molecular weight excluding hydrogens is 256 g/mol. The molecule has 2 amide bonds. The van der Waals surface area contributed by atoms with Gasteiger partial charge in [0.05, 0.1) is 12.5 Å². The van der Waals surface area contributed by atoms with E-state index in [1.807, 2.05) is 51.1 Å². The Hall–Kier alpha value is -2.04. The van der Waals surface area contributed by atoms with E-state index >= 15 is 0 Å². The molecule has 0 heterocycles. The van der Waals surface area contributed by atoms with Gasteiger partial charge < -0.3 is 15.7 Å². The van der Waals surface area contributed by atoms with Crippen LogP contribution in [0, 0.1) is 5.41 Å². The van der Waals surface area contributed by atoms with Crippen molar-refractivity contribution in [2.45, 2.75) is 33.2 Å². The lowest BCUT2D eigenvalue weighted by Crippen LogP contribution is -2.43. The van der Waals surface area contributed by atoms with E-state index in [0.717, 1.165) is 5.56 Å². The molecule has 1 aromatic carbocycles. The first-order valence-electron chi connectivity index (χ1n) is 6.62. The van der Waals surface area contributed by atoms with E-state index in [9.17, 15) is 9.59 Å². The van der Waals surface area contributed by atoms with Crippen LogP contribution >= 0.6 is 0 Å². The highest BCUT2D eigenvalue weighted by atomic mass is 16.4. The van der Waals surface area contributed by atoms with Gasteiger partial charge in [0.1, 0.15) is 0 Å². The minimum Gasteiger partial charge on any atom is -0.481 e. The van der Waals surface area contributed by atoms with Gasteiger partial charge >= 0.3 is 12.0 Å². The van der Waals surface area contributed by atoms with Crippen LogP contribution in [0.5, 0.6) is 0 Å². The molecule has 20 heavy (non-hydrogen) atoms. The summed E-state index contributed by atoms with van der Waals surface area (Å²) < 4.78 is 0. The van der Waals surface area contributed by atoms with Crippen LogP contribution in [-0.4, -0.2) is 23.7 Å². The molecule has 5 nitrogen and oxygen atoms in total. The summed E-state index contributed by atoms with van der Waals surface area (Å²) in [7, 11) is 0. The van der Waals surface area contributed by atoms with E-state index in [-0.39, 0.29) is 30.5 Å². The quantitative estimate of drug-likeness (QED) is 0.774. The second-order valence-corrected chi connectivity index (χ2v) is 5.75. The Kier molecular flexibility index (Phi) is 5.55. The third-order valence-electron chi connectivity index (χ3n) is 2.90. The number of amides is 2. The minimum absolute atomic E-state index is 0.0844. The third kappa shape index (κ3) is 5.30. The number of aliphatic carboxylic acids is 1. The molecule has 1 rings (SSSR count). The molecular formula is C15H22N2O3. The number of nitrogens with one attached hydrogen (secondary N) is 2. The van der Waals surface area contributed by atoms with Crippen LogP contribution in [0.2, 0.25) is 0 Å². The van der Waals surface area contributed by atoms with Gasteiger partial charge in [-0.25, -0.2) is 4.79 Å². The summed E-state index contributed by atoms with van der Waals surface area (Å²) in [4.78, 5) is 22.3. The molecule has 0 spiro atoms. The zero-order valence-electron chi connectivity index (χ0n) is 12.1. The van der Waals surface area contributed by atoms with Crippen LogP contribution in [0.3, 0.4) is 0 Å². The summed E-state index contributed by atoms with van der Waals surface area (Å²) in [5, 5.41) is 14.0. The second kappa shape index (κ2) is 6.93. The van der Waals surface area contributed by atoms with Crippen molar-refractivity contribution in [3.8, 4) is 0 Å². The van der Waals surface area contributed by atoms with E-state index in [0.29, 0.717) is 0 Å². The topological polar surface area (TPSA) is 78.4 Å². The molecule has 3 N–H and O–H groups in total. The average molecular weight is 278 g/mol. The lowest BCUT2D eigenvalue weighted by molar-refractivity contribution is -0.136. The molecule has 0 saturated heterocycles. The molecule has 0 aromatic heterocycles. The van der Waals surface area contributed by atoms with Crippen LogP contribution in [0.15, 0.2) is 30.3 Å². The second-order valence-electron chi connectivity index (χ2n) is 5.75. The first-order chi connectivity index (χ1) is 9.30. The highest BCUT2D eigenvalue weighted by molar-refractivity contribution is 5.75. The van der Waals surface area contributed by atoms with Crippen LogP contribution < -0.4 is 10.6 Å².